The summed E-state index contributed by atoms with van der Waals surface area (Å²) in [4.78, 5) is 0. The van der Waals surface area contributed by atoms with Crippen molar-refractivity contribution in [3.8, 4) is 0 Å². The number of rotatable bonds is 20. The highest BCUT2D eigenvalue weighted by molar-refractivity contribution is 4.62. The predicted molar refractivity (Wildman–Crippen MR) is 113 cm³/mol. The van der Waals surface area contributed by atoms with Crippen LogP contribution in [-0.4, -0.2) is 0 Å². The number of hydrogen-bond acceptors (Lipinski definition) is 0. The molecule has 0 aliphatic heterocycles. The fraction of sp³-hybridized carbons (Fsp3) is 1.00. The Morgan fingerprint density at radius 3 is 0.917 bits per heavy atom. The summed E-state index contributed by atoms with van der Waals surface area (Å²) in [5.74, 6) is 1.04. The van der Waals surface area contributed by atoms with E-state index in [0.29, 0.717) is 0 Å². The normalized spacial score (nSPS) is 12.6. The molecule has 0 spiro atoms. The SMILES string of the molecule is CCCCCCCCCCC(CCCCCC)CCCCCCC. The zero-order valence-electron chi connectivity index (χ0n) is 17.7. The van der Waals surface area contributed by atoms with Crippen molar-refractivity contribution in [3.63, 3.8) is 0 Å². The highest BCUT2D eigenvalue weighted by Gasteiger charge is 2.08. The summed E-state index contributed by atoms with van der Waals surface area (Å²) >= 11 is 0. The molecule has 0 radical (unpaired) electrons. The summed E-state index contributed by atoms with van der Waals surface area (Å²) in [5, 5.41) is 0. The summed E-state index contributed by atoms with van der Waals surface area (Å²) < 4.78 is 0. The van der Waals surface area contributed by atoms with Crippen LogP contribution in [0.3, 0.4) is 0 Å². The minimum absolute atomic E-state index is 1.04. The van der Waals surface area contributed by atoms with Gasteiger partial charge in [-0.25, -0.2) is 0 Å². The van der Waals surface area contributed by atoms with Crippen molar-refractivity contribution in [2.75, 3.05) is 0 Å². The van der Waals surface area contributed by atoms with Gasteiger partial charge in [0.2, 0.25) is 0 Å². The van der Waals surface area contributed by atoms with E-state index in [9.17, 15) is 0 Å². The van der Waals surface area contributed by atoms with E-state index in [0.717, 1.165) is 5.92 Å². The van der Waals surface area contributed by atoms with Crippen LogP contribution in [0.15, 0.2) is 0 Å². The summed E-state index contributed by atoms with van der Waals surface area (Å²) in [7, 11) is 0. The van der Waals surface area contributed by atoms with E-state index < -0.39 is 0 Å². The Labute approximate surface area is 155 Å². The van der Waals surface area contributed by atoms with Crippen molar-refractivity contribution in [3.05, 3.63) is 0 Å². The lowest BCUT2D eigenvalue weighted by Crippen LogP contribution is -2.01. The molecule has 1 unspecified atom stereocenters. The van der Waals surface area contributed by atoms with Gasteiger partial charge in [-0.3, -0.25) is 0 Å². The van der Waals surface area contributed by atoms with Crippen molar-refractivity contribution >= 4 is 0 Å². The van der Waals surface area contributed by atoms with Gasteiger partial charge in [-0.2, -0.15) is 0 Å². The van der Waals surface area contributed by atoms with Gasteiger partial charge in [0, 0.05) is 0 Å². The highest BCUT2D eigenvalue weighted by atomic mass is 14.1. The molecular formula is C24H50. The van der Waals surface area contributed by atoms with Gasteiger partial charge >= 0.3 is 0 Å². The van der Waals surface area contributed by atoms with Crippen LogP contribution in [0, 0.1) is 5.92 Å². The average Bonchev–Trinajstić information content (AvgIpc) is 2.60. The Morgan fingerprint density at radius 2 is 0.583 bits per heavy atom. The van der Waals surface area contributed by atoms with E-state index in [1.807, 2.05) is 0 Å². The molecule has 0 aromatic carbocycles. The van der Waals surface area contributed by atoms with Crippen molar-refractivity contribution in [1.29, 1.82) is 0 Å². The number of unbranched alkanes of at least 4 members (excludes halogenated alkanes) is 14. The predicted octanol–water partition coefficient (Wildman–Crippen LogP) is 9.46. The molecule has 0 saturated carbocycles. The Balaban J connectivity index is 3.67. The molecule has 0 aromatic rings. The van der Waals surface area contributed by atoms with Gasteiger partial charge in [-0.05, 0) is 5.92 Å². The smallest absolute Gasteiger partial charge is 0.0414 e. The molecule has 146 valence electrons. The van der Waals surface area contributed by atoms with Gasteiger partial charge in [0.25, 0.3) is 0 Å². The van der Waals surface area contributed by atoms with E-state index >= 15 is 0 Å². The minimum Gasteiger partial charge on any atom is -0.0654 e. The molecular weight excluding hydrogens is 288 g/mol. The molecule has 0 heteroatoms. The summed E-state index contributed by atoms with van der Waals surface area (Å²) in [5.41, 5.74) is 0. The summed E-state index contributed by atoms with van der Waals surface area (Å²) in [6.07, 6.45) is 29.3. The molecule has 0 bridgehead atoms. The Hall–Kier alpha value is 0. The average molecular weight is 339 g/mol. The van der Waals surface area contributed by atoms with E-state index in [-0.39, 0.29) is 0 Å². The Morgan fingerprint density at radius 1 is 0.333 bits per heavy atom. The lowest BCUT2D eigenvalue weighted by atomic mass is 9.89. The van der Waals surface area contributed by atoms with Crippen LogP contribution in [0.5, 0.6) is 0 Å². The standard InChI is InChI=1S/C24H50/c1-4-7-10-13-14-15-17-20-23-24(21-18-12-9-6-3)22-19-16-11-8-5-2/h24H,4-23H2,1-3H3. The molecule has 0 amide bonds. The van der Waals surface area contributed by atoms with Gasteiger partial charge in [-0.1, -0.05) is 149 Å². The second kappa shape index (κ2) is 21.0. The molecule has 0 heterocycles. The van der Waals surface area contributed by atoms with Gasteiger partial charge in [-0.15, -0.1) is 0 Å². The first kappa shape index (κ1) is 24.0. The second-order valence-electron chi connectivity index (χ2n) is 8.18. The topological polar surface area (TPSA) is 0 Å². The van der Waals surface area contributed by atoms with Gasteiger partial charge < -0.3 is 0 Å². The lowest BCUT2D eigenvalue weighted by molar-refractivity contribution is 0.366. The van der Waals surface area contributed by atoms with E-state index in [1.54, 1.807) is 0 Å². The maximum Gasteiger partial charge on any atom is -0.0414 e. The molecule has 0 aromatic heterocycles. The minimum atomic E-state index is 1.04. The maximum atomic E-state index is 2.33. The molecule has 0 N–H and O–H groups in total. The zero-order valence-corrected chi connectivity index (χ0v) is 17.7. The molecule has 1 atom stereocenters. The first-order valence-corrected chi connectivity index (χ1v) is 11.8. The largest absolute Gasteiger partial charge is 0.0654 e. The van der Waals surface area contributed by atoms with Crippen molar-refractivity contribution in [2.24, 2.45) is 5.92 Å². The van der Waals surface area contributed by atoms with Crippen LogP contribution < -0.4 is 0 Å². The molecule has 0 aliphatic rings. The van der Waals surface area contributed by atoms with Crippen LogP contribution in [0.1, 0.15) is 149 Å². The van der Waals surface area contributed by atoms with Gasteiger partial charge in [0.1, 0.15) is 0 Å². The first-order valence-electron chi connectivity index (χ1n) is 11.8. The zero-order chi connectivity index (χ0) is 17.7. The van der Waals surface area contributed by atoms with Crippen LogP contribution in [0.25, 0.3) is 0 Å². The van der Waals surface area contributed by atoms with Crippen molar-refractivity contribution in [1.82, 2.24) is 0 Å². The molecule has 0 aliphatic carbocycles. The molecule has 24 heavy (non-hydrogen) atoms. The van der Waals surface area contributed by atoms with Crippen LogP contribution in [0.2, 0.25) is 0 Å². The first-order chi connectivity index (χ1) is 11.8. The van der Waals surface area contributed by atoms with Crippen LogP contribution >= 0.6 is 0 Å². The van der Waals surface area contributed by atoms with Gasteiger partial charge in [0.05, 0.1) is 0 Å². The van der Waals surface area contributed by atoms with E-state index in [2.05, 4.69) is 20.8 Å². The van der Waals surface area contributed by atoms with Crippen LogP contribution in [-0.2, 0) is 0 Å². The summed E-state index contributed by atoms with van der Waals surface area (Å²) in [6, 6.07) is 0. The maximum absolute atomic E-state index is 2.33. The quantitative estimate of drug-likeness (QED) is 0.194. The molecule has 0 rings (SSSR count). The molecule has 0 nitrogen and oxygen atoms in total. The summed E-state index contributed by atoms with van der Waals surface area (Å²) in [6.45, 7) is 6.95. The molecule has 0 fully saturated rings. The Bertz CT molecular complexity index is 208. The van der Waals surface area contributed by atoms with E-state index in [4.69, 9.17) is 0 Å². The highest BCUT2D eigenvalue weighted by Crippen LogP contribution is 2.24. The fourth-order valence-electron chi connectivity index (χ4n) is 3.90. The van der Waals surface area contributed by atoms with Crippen LogP contribution in [0.4, 0.5) is 0 Å². The third kappa shape index (κ3) is 18.3. The number of hydrogen-bond donors (Lipinski definition) is 0. The Kier molecular flexibility index (Phi) is 21.0. The second-order valence-corrected chi connectivity index (χ2v) is 8.18. The van der Waals surface area contributed by atoms with Crippen molar-refractivity contribution in [2.45, 2.75) is 149 Å². The van der Waals surface area contributed by atoms with E-state index in [1.165, 1.54) is 128 Å². The monoisotopic (exact) mass is 338 g/mol. The fourth-order valence-corrected chi connectivity index (χ4v) is 3.90. The third-order valence-corrected chi connectivity index (χ3v) is 5.65. The van der Waals surface area contributed by atoms with Crippen molar-refractivity contribution < 1.29 is 0 Å². The van der Waals surface area contributed by atoms with Gasteiger partial charge in [0.15, 0.2) is 0 Å². The molecule has 0 saturated heterocycles. The third-order valence-electron chi connectivity index (χ3n) is 5.65. The lowest BCUT2D eigenvalue weighted by Gasteiger charge is -2.17.